The van der Waals surface area contributed by atoms with Gasteiger partial charge in [-0.1, -0.05) is 54.6 Å². The molecular weight excluding hydrogens is 298 g/mol. The fourth-order valence-electron chi connectivity index (χ4n) is 2.26. The van der Waals surface area contributed by atoms with Crippen molar-refractivity contribution in [1.82, 2.24) is 10.2 Å². The van der Waals surface area contributed by atoms with Gasteiger partial charge in [0.15, 0.2) is 5.96 Å². The first-order chi connectivity index (χ1) is 11.7. The summed E-state index contributed by atoms with van der Waals surface area (Å²) in [6.45, 7) is 4.85. The molecule has 4 heteroatoms. The van der Waals surface area contributed by atoms with E-state index in [1.807, 2.05) is 44.1 Å². The second-order valence-corrected chi connectivity index (χ2v) is 5.83. The molecule has 1 N–H and O–H groups in total. The van der Waals surface area contributed by atoms with Gasteiger partial charge in [0.25, 0.3) is 0 Å². The van der Waals surface area contributed by atoms with Crippen LogP contribution >= 0.6 is 0 Å². The van der Waals surface area contributed by atoms with Crippen LogP contribution in [0.15, 0.2) is 59.6 Å². The monoisotopic (exact) mass is 325 g/mol. The first-order valence-corrected chi connectivity index (χ1v) is 8.34. The van der Waals surface area contributed by atoms with Crippen LogP contribution in [0.5, 0.6) is 0 Å². The normalized spacial score (nSPS) is 11.4. The molecule has 0 aromatic heterocycles. The summed E-state index contributed by atoms with van der Waals surface area (Å²) in [6, 6.07) is 18.8. The van der Waals surface area contributed by atoms with Crippen LogP contribution in [0, 0.1) is 0 Å². The van der Waals surface area contributed by atoms with Gasteiger partial charge in [-0.2, -0.15) is 0 Å². The minimum atomic E-state index is 0.672. The molecule has 0 fully saturated rings. The van der Waals surface area contributed by atoms with E-state index in [9.17, 15) is 0 Å². The Morgan fingerprint density at radius 2 is 1.62 bits per heavy atom. The molecule has 24 heavy (non-hydrogen) atoms. The van der Waals surface area contributed by atoms with Gasteiger partial charge in [0.1, 0.15) is 0 Å². The summed E-state index contributed by atoms with van der Waals surface area (Å²) in [4.78, 5) is 6.68. The summed E-state index contributed by atoms with van der Waals surface area (Å²) >= 11 is 0. The molecule has 128 valence electrons. The third kappa shape index (κ3) is 6.05. The molecule has 0 unspecified atom stereocenters. The van der Waals surface area contributed by atoms with Gasteiger partial charge < -0.3 is 15.0 Å². The van der Waals surface area contributed by atoms with Crippen molar-refractivity contribution in [1.29, 1.82) is 0 Å². The summed E-state index contributed by atoms with van der Waals surface area (Å²) in [7, 11) is 4.00. The molecule has 0 radical (unpaired) electrons. The van der Waals surface area contributed by atoms with Gasteiger partial charge >= 0.3 is 0 Å². The molecule has 0 atom stereocenters. The van der Waals surface area contributed by atoms with Gasteiger partial charge in [0.05, 0.1) is 13.2 Å². The van der Waals surface area contributed by atoms with Crippen LogP contribution < -0.4 is 5.32 Å². The molecule has 2 aromatic carbocycles. The molecule has 2 aromatic rings. The molecule has 0 aliphatic carbocycles. The number of aliphatic imine (C=N–C) groups is 1. The minimum Gasteiger partial charge on any atom is -0.377 e. The Labute approximate surface area is 145 Å². The third-order valence-corrected chi connectivity index (χ3v) is 3.62. The topological polar surface area (TPSA) is 36.9 Å². The van der Waals surface area contributed by atoms with Crippen molar-refractivity contribution in [3.8, 4) is 0 Å². The highest BCUT2D eigenvalue weighted by Gasteiger charge is 2.02. The summed E-state index contributed by atoms with van der Waals surface area (Å²) in [6.07, 6.45) is 0. The van der Waals surface area contributed by atoms with Crippen molar-refractivity contribution in [2.75, 3.05) is 20.7 Å². The van der Waals surface area contributed by atoms with Crippen LogP contribution in [-0.4, -0.2) is 31.6 Å². The lowest BCUT2D eigenvalue weighted by atomic mass is 10.1. The van der Waals surface area contributed by atoms with Crippen molar-refractivity contribution >= 4 is 5.96 Å². The smallest absolute Gasteiger partial charge is 0.194 e. The minimum absolute atomic E-state index is 0.672. The predicted octanol–water partition coefficient (Wildman–Crippen LogP) is 3.43. The molecule has 0 saturated carbocycles. The number of guanidine groups is 1. The van der Waals surface area contributed by atoms with Gasteiger partial charge in [-0.05, 0) is 23.6 Å². The van der Waals surface area contributed by atoms with E-state index < -0.39 is 0 Å². The van der Waals surface area contributed by atoms with Crippen molar-refractivity contribution in [2.45, 2.75) is 26.6 Å². The average Bonchev–Trinajstić information content (AvgIpc) is 2.61. The molecule has 0 aliphatic rings. The van der Waals surface area contributed by atoms with E-state index in [4.69, 9.17) is 4.74 Å². The highest BCUT2D eigenvalue weighted by molar-refractivity contribution is 5.79. The number of hydrogen-bond acceptors (Lipinski definition) is 2. The summed E-state index contributed by atoms with van der Waals surface area (Å²) < 4.78 is 5.42. The van der Waals surface area contributed by atoms with Crippen LogP contribution in [0.4, 0.5) is 0 Å². The molecule has 2 rings (SSSR count). The Morgan fingerprint density at radius 1 is 0.958 bits per heavy atom. The van der Waals surface area contributed by atoms with E-state index in [-0.39, 0.29) is 0 Å². The van der Waals surface area contributed by atoms with Gasteiger partial charge in [-0.25, -0.2) is 4.99 Å². The lowest BCUT2D eigenvalue weighted by Crippen LogP contribution is -2.36. The molecule has 0 saturated heterocycles. The van der Waals surface area contributed by atoms with Gasteiger partial charge in [-0.15, -0.1) is 0 Å². The fourth-order valence-corrected chi connectivity index (χ4v) is 2.26. The fraction of sp³-hybridized carbons (Fsp3) is 0.350. The van der Waals surface area contributed by atoms with Gasteiger partial charge in [-0.3, -0.25) is 0 Å². The van der Waals surface area contributed by atoms with Crippen molar-refractivity contribution in [3.05, 3.63) is 71.3 Å². The second kappa shape index (κ2) is 9.73. The summed E-state index contributed by atoms with van der Waals surface area (Å²) in [5, 5.41) is 3.41. The first-order valence-electron chi connectivity index (χ1n) is 8.34. The second-order valence-electron chi connectivity index (χ2n) is 5.83. The quantitative estimate of drug-likeness (QED) is 0.626. The maximum atomic E-state index is 5.42. The van der Waals surface area contributed by atoms with E-state index in [1.165, 1.54) is 16.7 Å². The van der Waals surface area contributed by atoms with Crippen molar-refractivity contribution < 1.29 is 4.74 Å². The van der Waals surface area contributed by atoms with Gasteiger partial charge in [0, 0.05) is 27.2 Å². The molecule has 0 bridgehead atoms. The van der Waals surface area contributed by atoms with Crippen molar-refractivity contribution in [3.63, 3.8) is 0 Å². The van der Waals surface area contributed by atoms with E-state index in [0.717, 1.165) is 19.1 Å². The molecular formula is C20H27N3O. The number of benzene rings is 2. The molecule has 0 heterocycles. The Morgan fingerprint density at radius 3 is 2.25 bits per heavy atom. The Balaban J connectivity index is 1.91. The number of rotatable bonds is 7. The van der Waals surface area contributed by atoms with Crippen LogP contribution in [0.2, 0.25) is 0 Å². The van der Waals surface area contributed by atoms with Crippen LogP contribution in [0.3, 0.4) is 0 Å². The third-order valence-electron chi connectivity index (χ3n) is 3.62. The Hall–Kier alpha value is -2.33. The van der Waals surface area contributed by atoms with E-state index >= 15 is 0 Å². The number of hydrogen-bond donors (Lipinski definition) is 1. The zero-order chi connectivity index (χ0) is 17.2. The maximum Gasteiger partial charge on any atom is 0.194 e. The van der Waals surface area contributed by atoms with E-state index in [0.29, 0.717) is 13.2 Å². The van der Waals surface area contributed by atoms with Crippen LogP contribution in [0.25, 0.3) is 0 Å². The van der Waals surface area contributed by atoms with Crippen LogP contribution in [-0.2, 0) is 24.4 Å². The van der Waals surface area contributed by atoms with E-state index in [1.54, 1.807) is 0 Å². The van der Waals surface area contributed by atoms with Crippen LogP contribution in [0.1, 0.15) is 23.6 Å². The number of nitrogens with zero attached hydrogens (tertiary/aromatic N) is 2. The largest absolute Gasteiger partial charge is 0.377 e. The molecule has 0 spiro atoms. The predicted molar refractivity (Wildman–Crippen MR) is 99.9 cm³/mol. The molecule has 4 nitrogen and oxygen atoms in total. The highest BCUT2D eigenvalue weighted by Crippen LogP contribution is 2.06. The highest BCUT2D eigenvalue weighted by atomic mass is 16.5. The summed E-state index contributed by atoms with van der Waals surface area (Å²) in [5.41, 5.74) is 3.63. The lowest BCUT2D eigenvalue weighted by molar-refractivity contribution is 0.134. The standard InChI is InChI=1S/C20H27N3O/c1-4-24-16-19-12-10-18(11-13-19)15-22-20(23(2)3)21-14-17-8-6-5-7-9-17/h5-13H,4,14-16H2,1-3H3,(H,21,22). The zero-order valence-electron chi connectivity index (χ0n) is 14.8. The Bertz CT molecular complexity index is 621. The lowest BCUT2D eigenvalue weighted by Gasteiger charge is -2.18. The maximum absolute atomic E-state index is 5.42. The number of nitrogens with one attached hydrogen (secondary N) is 1. The zero-order valence-corrected chi connectivity index (χ0v) is 14.8. The van der Waals surface area contributed by atoms with Gasteiger partial charge in [0.2, 0.25) is 0 Å². The first kappa shape index (κ1) is 18.0. The van der Waals surface area contributed by atoms with E-state index in [2.05, 4.69) is 46.7 Å². The number of ether oxygens (including phenoxy) is 1. The SMILES string of the molecule is CCOCc1ccc(CNC(=NCc2ccccc2)N(C)C)cc1. The summed E-state index contributed by atoms with van der Waals surface area (Å²) in [5.74, 6) is 0.886. The molecule has 0 aliphatic heterocycles. The Kier molecular flexibility index (Phi) is 7.30. The van der Waals surface area contributed by atoms with Crippen molar-refractivity contribution in [2.24, 2.45) is 4.99 Å². The molecule has 0 amide bonds. The average molecular weight is 325 g/mol.